The number of halogens is 1. The number of hydrogen-bond donors (Lipinski definition) is 0. The molecule has 1 atom stereocenters. The van der Waals surface area contributed by atoms with Crippen molar-refractivity contribution in [2.45, 2.75) is 50.0 Å². The first-order valence-corrected chi connectivity index (χ1v) is 9.35. The molecule has 0 N–H and O–H groups in total. The van der Waals surface area contributed by atoms with Crippen LogP contribution in [-0.2, 0) is 9.53 Å². The quantitative estimate of drug-likeness (QED) is 0.701. The molecule has 1 aromatic carbocycles. The minimum absolute atomic E-state index is 0.0713. The van der Waals surface area contributed by atoms with Gasteiger partial charge in [-0.05, 0) is 37.8 Å². The van der Waals surface area contributed by atoms with Crippen LogP contribution >= 0.6 is 22.9 Å². The third-order valence-corrected chi connectivity index (χ3v) is 6.15. The van der Waals surface area contributed by atoms with Crippen LogP contribution in [0.25, 0.3) is 10.6 Å². The molecule has 120 valence electrons. The summed E-state index contributed by atoms with van der Waals surface area (Å²) in [4.78, 5) is 16.8. The summed E-state index contributed by atoms with van der Waals surface area (Å²) in [5, 5.41) is 3.79. The lowest BCUT2D eigenvalue weighted by Crippen LogP contribution is -2.36. The van der Waals surface area contributed by atoms with E-state index in [0.29, 0.717) is 6.42 Å². The van der Waals surface area contributed by atoms with Crippen molar-refractivity contribution < 1.29 is 9.53 Å². The Morgan fingerprint density at radius 3 is 2.65 bits per heavy atom. The average Bonchev–Trinajstić information content (AvgIpc) is 3.14. The highest BCUT2D eigenvalue weighted by molar-refractivity contribution is 7.13. The van der Waals surface area contributed by atoms with Crippen LogP contribution < -0.4 is 0 Å². The minimum Gasteiger partial charge on any atom is -0.458 e. The Morgan fingerprint density at radius 2 is 1.91 bits per heavy atom. The summed E-state index contributed by atoms with van der Waals surface area (Å²) in [7, 11) is 0. The van der Waals surface area contributed by atoms with Crippen LogP contribution in [-0.4, -0.2) is 16.6 Å². The lowest BCUT2D eigenvalue weighted by Gasteiger charge is -2.36. The molecule has 0 radical (unpaired) electrons. The predicted octanol–water partition coefficient (Wildman–Crippen LogP) is 5.20. The second-order valence-corrected chi connectivity index (χ2v) is 7.74. The maximum absolute atomic E-state index is 12.0. The number of benzene rings is 1. The number of esters is 1. The second-order valence-electron chi connectivity index (χ2n) is 6.44. The van der Waals surface area contributed by atoms with Gasteiger partial charge in [-0.25, -0.2) is 4.98 Å². The van der Waals surface area contributed by atoms with Gasteiger partial charge in [0.05, 0.1) is 18.0 Å². The number of ether oxygens (including phenoxy) is 1. The first-order chi connectivity index (χ1) is 11.2. The molecule has 1 aliphatic heterocycles. The monoisotopic (exact) mass is 347 g/mol. The van der Waals surface area contributed by atoms with Crippen molar-refractivity contribution >= 4 is 28.9 Å². The van der Waals surface area contributed by atoms with Gasteiger partial charge in [0.1, 0.15) is 10.6 Å². The summed E-state index contributed by atoms with van der Waals surface area (Å²) >= 11 is 7.57. The fraction of sp³-hybridized carbons (Fsp3) is 0.444. The van der Waals surface area contributed by atoms with E-state index < -0.39 is 0 Å². The topological polar surface area (TPSA) is 39.2 Å². The third kappa shape index (κ3) is 2.79. The zero-order valence-electron chi connectivity index (χ0n) is 12.8. The van der Waals surface area contributed by atoms with E-state index in [0.717, 1.165) is 47.0 Å². The van der Waals surface area contributed by atoms with Gasteiger partial charge in [-0.2, -0.15) is 0 Å². The first-order valence-electron chi connectivity index (χ1n) is 8.09. The maximum atomic E-state index is 12.0. The zero-order chi connectivity index (χ0) is 15.9. The van der Waals surface area contributed by atoms with E-state index in [4.69, 9.17) is 21.3 Å². The van der Waals surface area contributed by atoms with Gasteiger partial charge >= 0.3 is 5.97 Å². The molecule has 1 aliphatic carbocycles. The highest BCUT2D eigenvalue weighted by Gasteiger charge is 2.50. The summed E-state index contributed by atoms with van der Waals surface area (Å²) in [5.41, 5.74) is 1.77. The van der Waals surface area contributed by atoms with Gasteiger partial charge in [-0.1, -0.05) is 30.2 Å². The Bertz CT molecular complexity index is 719. The Morgan fingerprint density at radius 1 is 1.17 bits per heavy atom. The van der Waals surface area contributed by atoms with E-state index in [-0.39, 0.29) is 17.5 Å². The molecule has 2 aliphatic rings. The molecule has 2 aromatic rings. The summed E-state index contributed by atoms with van der Waals surface area (Å²) in [6.07, 6.45) is 5.91. The van der Waals surface area contributed by atoms with Crippen molar-refractivity contribution in [2.24, 2.45) is 0 Å². The van der Waals surface area contributed by atoms with Crippen LogP contribution in [0.4, 0.5) is 0 Å². The van der Waals surface area contributed by atoms with Gasteiger partial charge in [0.2, 0.25) is 0 Å². The van der Waals surface area contributed by atoms with E-state index in [1.807, 2.05) is 24.3 Å². The third-order valence-electron chi connectivity index (χ3n) is 4.99. The number of thiazole rings is 1. The van der Waals surface area contributed by atoms with E-state index in [1.54, 1.807) is 11.3 Å². The molecular weight excluding hydrogens is 330 g/mol. The lowest BCUT2D eigenvalue weighted by molar-refractivity contribution is -0.151. The van der Waals surface area contributed by atoms with Gasteiger partial charge in [0, 0.05) is 16.0 Å². The van der Waals surface area contributed by atoms with Gasteiger partial charge in [0.25, 0.3) is 0 Å². The molecule has 2 heterocycles. The van der Waals surface area contributed by atoms with Gasteiger partial charge < -0.3 is 4.74 Å². The molecule has 1 saturated heterocycles. The molecule has 1 aromatic heterocycles. The first kappa shape index (κ1) is 15.2. The SMILES string of the molecule is O=C1C[C@H](c2csc(-c3ccc(Cl)cc3)n2)C2(CCCCC2)O1. The number of nitrogens with zero attached hydrogens (tertiary/aromatic N) is 1. The zero-order valence-corrected chi connectivity index (χ0v) is 14.3. The summed E-state index contributed by atoms with van der Waals surface area (Å²) < 4.78 is 5.80. The Balaban J connectivity index is 1.65. The summed E-state index contributed by atoms with van der Waals surface area (Å²) in [5.74, 6) is 0.0329. The number of aromatic nitrogens is 1. The van der Waals surface area contributed by atoms with Crippen LogP contribution in [0.3, 0.4) is 0 Å². The van der Waals surface area contributed by atoms with Crippen LogP contribution in [0.5, 0.6) is 0 Å². The number of carbonyl (C=O) groups excluding carboxylic acids is 1. The van der Waals surface area contributed by atoms with Crippen molar-refractivity contribution in [3.63, 3.8) is 0 Å². The highest BCUT2D eigenvalue weighted by Crippen LogP contribution is 2.49. The Hall–Kier alpha value is -1.39. The predicted molar refractivity (Wildman–Crippen MR) is 91.8 cm³/mol. The molecule has 5 heteroatoms. The van der Waals surface area contributed by atoms with Gasteiger partial charge in [-0.3, -0.25) is 4.79 Å². The maximum Gasteiger partial charge on any atom is 0.307 e. The van der Waals surface area contributed by atoms with Gasteiger partial charge in [-0.15, -0.1) is 11.3 Å². The van der Waals surface area contributed by atoms with Crippen LogP contribution in [0.1, 0.15) is 50.1 Å². The highest BCUT2D eigenvalue weighted by atomic mass is 35.5. The smallest absolute Gasteiger partial charge is 0.307 e. The molecule has 1 spiro atoms. The van der Waals surface area contributed by atoms with E-state index in [2.05, 4.69) is 5.38 Å². The van der Waals surface area contributed by atoms with Crippen molar-refractivity contribution in [1.82, 2.24) is 4.98 Å². The molecule has 23 heavy (non-hydrogen) atoms. The van der Waals surface area contributed by atoms with E-state index >= 15 is 0 Å². The lowest BCUT2D eigenvalue weighted by atomic mass is 9.75. The van der Waals surface area contributed by atoms with Crippen LogP contribution in [0, 0.1) is 0 Å². The van der Waals surface area contributed by atoms with Crippen molar-refractivity contribution in [3.8, 4) is 10.6 Å². The van der Waals surface area contributed by atoms with Crippen LogP contribution in [0.15, 0.2) is 29.6 Å². The molecule has 1 saturated carbocycles. The van der Waals surface area contributed by atoms with Crippen LogP contribution in [0.2, 0.25) is 5.02 Å². The van der Waals surface area contributed by atoms with Crippen molar-refractivity contribution in [2.75, 3.05) is 0 Å². The normalized spacial score (nSPS) is 23.2. The fourth-order valence-corrected chi connectivity index (χ4v) is 4.84. The molecule has 4 rings (SSSR count). The van der Waals surface area contributed by atoms with Crippen molar-refractivity contribution in [3.05, 3.63) is 40.4 Å². The van der Waals surface area contributed by atoms with E-state index in [9.17, 15) is 4.79 Å². The number of carbonyl (C=O) groups is 1. The molecular formula is C18H18ClNO2S. The summed E-state index contributed by atoms with van der Waals surface area (Å²) in [6.45, 7) is 0. The molecule has 0 bridgehead atoms. The Kier molecular flexibility index (Phi) is 3.90. The molecule has 2 fully saturated rings. The number of rotatable bonds is 2. The standard InChI is InChI=1S/C18H18ClNO2S/c19-13-6-4-12(5-7-13)17-20-15(11-23-17)14-10-16(21)22-18(14)8-2-1-3-9-18/h4-7,11,14H,1-3,8-10H2/t14-/m1/s1. The fourth-order valence-electron chi connectivity index (χ4n) is 3.84. The second kappa shape index (κ2) is 5.91. The number of hydrogen-bond acceptors (Lipinski definition) is 4. The molecule has 0 unspecified atom stereocenters. The van der Waals surface area contributed by atoms with Crippen molar-refractivity contribution in [1.29, 1.82) is 0 Å². The Labute approximate surface area is 144 Å². The average molecular weight is 348 g/mol. The van der Waals surface area contributed by atoms with E-state index in [1.165, 1.54) is 6.42 Å². The minimum atomic E-state index is -0.305. The summed E-state index contributed by atoms with van der Waals surface area (Å²) in [6, 6.07) is 7.72. The molecule has 0 amide bonds. The van der Waals surface area contributed by atoms with Gasteiger partial charge in [0.15, 0.2) is 0 Å². The largest absolute Gasteiger partial charge is 0.458 e. The molecule has 3 nitrogen and oxygen atoms in total.